The van der Waals surface area contributed by atoms with Crippen LogP contribution in [0.25, 0.3) is 0 Å². The predicted molar refractivity (Wildman–Crippen MR) is 85.4 cm³/mol. The summed E-state index contributed by atoms with van der Waals surface area (Å²) >= 11 is 0. The van der Waals surface area contributed by atoms with E-state index in [-0.39, 0.29) is 6.04 Å². The number of hydrazine groups is 1. The first-order chi connectivity index (χ1) is 10.3. The van der Waals surface area contributed by atoms with Crippen LogP contribution in [0.15, 0.2) is 18.2 Å². The summed E-state index contributed by atoms with van der Waals surface area (Å²) in [5, 5.41) is 0. The average Bonchev–Trinajstić information content (AvgIpc) is 2.49. The number of methoxy groups -OCH3 is 2. The van der Waals surface area contributed by atoms with E-state index in [0.717, 1.165) is 17.1 Å². The molecule has 0 aliphatic heterocycles. The second-order valence-corrected chi connectivity index (χ2v) is 5.86. The van der Waals surface area contributed by atoms with Crippen molar-refractivity contribution >= 4 is 0 Å². The lowest BCUT2D eigenvalue weighted by molar-refractivity contribution is 0.282. The molecule has 3 N–H and O–H groups in total. The first kappa shape index (κ1) is 16.1. The smallest absolute Gasteiger partial charge is 0.127 e. The molecule has 21 heavy (non-hydrogen) atoms. The summed E-state index contributed by atoms with van der Waals surface area (Å²) in [5.41, 5.74) is 4.16. The fourth-order valence-electron chi connectivity index (χ4n) is 3.38. The molecule has 2 rings (SSSR count). The lowest BCUT2D eigenvalue weighted by Crippen LogP contribution is -2.34. The van der Waals surface area contributed by atoms with E-state index in [1.54, 1.807) is 14.2 Å². The maximum Gasteiger partial charge on any atom is 0.127 e. The summed E-state index contributed by atoms with van der Waals surface area (Å²) in [5.74, 6) is 8.11. The summed E-state index contributed by atoms with van der Waals surface area (Å²) in [4.78, 5) is 0. The van der Waals surface area contributed by atoms with Crippen molar-refractivity contribution in [3.8, 4) is 11.5 Å². The quantitative estimate of drug-likeness (QED) is 0.643. The first-order valence-electron chi connectivity index (χ1n) is 7.98. The third kappa shape index (κ3) is 4.11. The van der Waals surface area contributed by atoms with E-state index in [9.17, 15) is 0 Å². The Bertz CT molecular complexity index is 429. The highest BCUT2D eigenvalue weighted by molar-refractivity contribution is 5.42. The molecule has 0 radical (unpaired) electrons. The number of hydrogen-bond donors (Lipinski definition) is 2. The van der Waals surface area contributed by atoms with E-state index in [4.69, 9.17) is 15.3 Å². The Morgan fingerprint density at radius 2 is 1.71 bits per heavy atom. The van der Waals surface area contributed by atoms with Crippen molar-refractivity contribution < 1.29 is 9.47 Å². The van der Waals surface area contributed by atoms with Gasteiger partial charge in [0.1, 0.15) is 11.5 Å². The highest BCUT2D eigenvalue weighted by Gasteiger charge is 2.25. The van der Waals surface area contributed by atoms with Gasteiger partial charge in [-0.15, -0.1) is 0 Å². The van der Waals surface area contributed by atoms with Crippen molar-refractivity contribution in [1.29, 1.82) is 0 Å². The van der Waals surface area contributed by atoms with Gasteiger partial charge in [0.25, 0.3) is 0 Å². The van der Waals surface area contributed by atoms with Crippen molar-refractivity contribution in [3.05, 3.63) is 23.8 Å². The Morgan fingerprint density at radius 1 is 1.05 bits per heavy atom. The van der Waals surface area contributed by atoms with Crippen LogP contribution >= 0.6 is 0 Å². The molecular formula is C17H28N2O2. The molecule has 0 heterocycles. The molecule has 1 aliphatic carbocycles. The third-order valence-corrected chi connectivity index (χ3v) is 4.58. The maximum absolute atomic E-state index is 5.88. The Labute approximate surface area is 128 Å². The Balaban J connectivity index is 2.22. The largest absolute Gasteiger partial charge is 0.497 e. The maximum atomic E-state index is 5.88. The molecule has 1 aromatic rings. The molecule has 0 amide bonds. The van der Waals surface area contributed by atoms with E-state index >= 15 is 0 Å². The Hall–Kier alpha value is -1.26. The Morgan fingerprint density at radius 3 is 2.29 bits per heavy atom. The number of benzene rings is 1. The Kier molecular flexibility index (Phi) is 6.33. The minimum absolute atomic E-state index is 0.143. The van der Waals surface area contributed by atoms with Gasteiger partial charge in [0.05, 0.1) is 20.3 Å². The summed E-state index contributed by atoms with van der Waals surface area (Å²) in [7, 11) is 3.37. The zero-order valence-corrected chi connectivity index (χ0v) is 13.2. The minimum Gasteiger partial charge on any atom is -0.497 e. The molecule has 0 bridgehead atoms. The van der Waals surface area contributed by atoms with Crippen LogP contribution in [-0.4, -0.2) is 14.2 Å². The fraction of sp³-hybridized carbons (Fsp3) is 0.647. The highest BCUT2D eigenvalue weighted by atomic mass is 16.5. The van der Waals surface area contributed by atoms with Gasteiger partial charge in [-0.05, 0) is 24.8 Å². The van der Waals surface area contributed by atoms with Gasteiger partial charge in [0.2, 0.25) is 0 Å². The van der Waals surface area contributed by atoms with Crippen LogP contribution in [0.5, 0.6) is 11.5 Å². The van der Waals surface area contributed by atoms with Crippen molar-refractivity contribution in [2.45, 2.75) is 51.0 Å². The summed E-state index contributed by atoms with van der Waals surface area (Å²) < 4.78 is 10.8. The monoisotopic (exact) mass is 292 g/mol. The van der Waals surface area contributed by atoms with Gasteiger partial charge >= 0.3 is 0 Å². The van der Waals surface area contributed by atoms with Crippen LogP contribution in [0.4, 0.5) is 0 Å². The van der Waals surface area contributed by atoms with E-state index in [1.165, 1.54) is 44.9 Å². The molecule has 0 aromatic heterocycles. The SMILES string of the molecule is COc1ccc(C(NN)C2CCCCCCC2)c(OC)c1. The van der Waals surface area contributed by atoms with Crippen LogP contribution < -0.4 is 20.7 Å². The molecule has 1 aliphatic rings. The number of ether oxygens (including phenoxy) is 2. The second-order valence-electron chi connectivity index (χ2n) is 5.86. The van der Waals surface area contributed by atoms with E-state index < -0.39 is 0 Å². The van der Waals surface area contributed by atoms with Crippen molar-refractivity contribution in [3.63, 3.8) is 0 Å². The van der Waals surface area contributed by atoms with Crippen LogP contribution in [0, 0.1) is 5.92 Å². The van der Waals surface area contributed by atoms with E-state index in [0.29, 0.717) is 5.92 Å². The number of rotatable bonds is 5. The lowest BCUT2D eigenvalue weighted by atomic mass is 9.83. The number of hydrogen-bond acceptors (Lipinski definition) is 4. The molecular weight excluding hydrogens is 264 g/mol. The van der Waals surface area contributed by atoms with E-state index in [1.807, 2.05) is 12.1 Å². The molecule has 118 valence electrons. The second kappa shape index (κ2) is 8.25. The molecule has 4 heteroatoms. The molecule has 0 saturated heterocycles. The average molecular weight is 292 g/mol. The van der Waals surface area contributed by atoms with Crippen LogP contribution in [0.2, 0.25) is 0 Å². The number of nitrogens with one attached hydrogen (secondary N) is 1. The molecule has 0 spiro atoms. The van der Waals surface area contributed by atoms with Gasteiger partial charge in [-0.2, -0.15) is 0 Å². The molecule has 1 aromatic carbocycles. The lowest BCUT2D eigenvalue weighted by Gasteiger charge is -2.29. The summed E-state index contributed by atoms with van der Waals surface area (Å²) in [6, 6.07) is 6.12. The van der Waals surface area contributed by atoms with E-state index in [2.05, 4.69) is 11.5 Å². The van der Waals surface area contributed by atoms with Gasteiger partial charge in [0.15, 0.2) is 0 Å². The summed E-state index contributed by atoms with van der Waals surface area (Å²) in [6.07, 6.45) is 9.09. The van der Waals surface area contributed by atoms with Crippen LogP contribution in [-0.2, 0) is 0 Å². The predicted octanol–water partition coefficient (Wildman–Crippen LogP) is 3.57. The standard InChI is InChI=1S/C17H28N2O2/c1-20-14-10-11-15(16(12-14)21-2)17(19-18)13-8-6-4-3-5-7-9-13/h10-13,17,19H,3-9,18H2,1-2H3. The molecule has 1 unspecified atom stereocenters. The van der Waals surface area contributed by atoms with Gasteiger partial charge in [-0.1, -0.05) is 38.2 Å². The first-order valence-corrected chi connectivity index (χ1v) is 7.98. The molecule has 4 nitrogen and oxygen atoms in total. The zero-order valence-electron chi connectivity index (χ0n) is 13.2. The van der Waals surface area contributed by atoms with Gasteiger partial charge in [-0.25, -0.2) is 0 Å². The van der Waals surface area contributed by atoms with Gasteiger partial charge in [0, 0.05) is 11.6 Å². The van der Waals surface area contributed by atoms with Crippen LogP contribution in [0.3, 0.4) is 0 Å². The third-order valence-electron chi connectivity index (χ3n) is 4.58. The van der Waals surface area contributed by atoms with Crippen molar-refractivity contribution in [1.82, 2.24) is 5.43 Å². The molecule has 1 saturated carbocycles. The summed E-state index contributed by atoms with van der Waals surface area (Å²) in [6.45, 7) is 0. The highest BCUT2D eigenvalue weighted by Crippen LogP contribution is 2.37. The minimum atomic E-state index is 0.143. The molecule has 1 atom stereocenters. The normalized spacial score (nSPS) is 18.6. The van der Waals surface area contributed by atoms with Gasteiger partial charge in [-0.3, -0.25) is 11.3 Å². The van der Waals surface area contributed by atoms with Gasteiger partial charge < -0.3 is 9.47 Å². The molecule has 1 fully saturated rings. The number of nitrogens with two attached hydrogens (primary N) is 1. The van der Waals surface area contributed by atoms with Crippen molar-refractivity contribution in [2.24, 2.45) is 11.8 Å². The van der Waals surface area contributed by atoms with Crippen LogP contribution in [0.1, 0.15) is 56.6 Å². The topological polar surface area (TPSA) is 56.5 Å². The van der Waals surface area contributed by atoms with Crippen molar-refractivity contribution in [2.75, 3.05) is 14.2 Å². The zero-order chi connectivity index (χ0) is 15.1. The fourth-order valence-corrected chi connectivity index (χ4v) is 3.38.